The minimum absolute atomic E-state index is 0.0285. The van der Waals surface area contributed by atoms with Crippen LogP contribution in [0.1, 0.15) is 24.1 Å². The lowest BCUT2D eigenvalue weighted by Gasteiger charge is -2.15. The molecule has 0 aliphatic rings. The minimum Gasteiger partial charge on any atom is -0.364 e. The molecule has 3 nitrogen and oxygen atoms in total. The van der Waals surface area contributed by atoms with Crippen molar-refractivity contribution in [2.45, 2.75) is 32.6 Å². The van der Waals surface area contributed by atoms with Crippen LogP contribution in [0.15, 0.2) is 61.1 Å². The SMILES string of the molecule is CC(Nc1ccc(-c2cncc(C#C[Si](C)(C)C)c2)cn1)c1ccc(F)cc1. The van der Waals surface area contributed by atoms with Crippen molar-refractivity contribution >= 4 is 13.9 Å². The van der Waals surface area contributed by atoms with Gasteiger partial charge in [-0.15, -0.1) is 5.54 Å². The van der Waals surface area contributed by atoms with E-state index in [4.69, 9.17) is 0 Å². The molecule has 2 aromatic heterocycles. The quantitative estimate of drug-likeness (QED) is 0.460. The fourth-order valence-electron chi connectivity index (χ4n) is 2.63. The Morgan fingerprint density at radius 1 is 0.964 bits per heavy atom. The molecule has 0 radical (unpaired) electrons. The van der Waals surface area contributed by atoms with Crippen molar-refractivity contribution in [1.29, 1.82) is 0 Å². The van der Waals surface area contributed by atoms with Crippen LogP contribution in [0.2, 0.25) is 19.6 Å². The number of hydrogen-bond donors (Lipinski definition) is 1. The van der Waals surface area contributed by atoms with Gasteiger partial charge in [-0.1, -0.05) is 37.7 Å². The molecule has 0 spiro atoms. The summed E-state index contributed by atoms with van der Waals surface area (Å²) in [6.45, 7) is 8.69. The van der Waals surface area contributed by atoms with Crippen molar-refractivity contribution in [3.63, 3.8) is 0 Å². The smallest absolute Gasteiger partial charge is 0.129 e. The third-order valence-electron chi connectivity index (χ3n) is 4.15. The van der Waals surface area contributed by atoms with Gasteiger partial charge in [0.2, 0.25) is 0 Å². The van der Waals surface area contributed by atoms with Gasteiger partial charge in [-0.05, 0) is 42.8 Å². The fraction of sp³-hybridized carbons (Fsp3) is 0.217. The normalized spacial score (nSPS) is 12.0. The van der Waals surface area contributed by atoms with Gasteiger partial charge < -0.3 is 5.32 Å². The molecule has 1 unspecified atom stereocenters. The highest BCUT2D eigenvalue weighted by molar-refractivity contribution is 6.83. The Labute approximate surface area is 167 Å². The van der Waals surface area contributed by atoms with Gasteiger partial charge in [0.05, 0.1) is 0 Å². The summed E-state index contributed by atoms with van der Waals surface area (Å²) in [5.41, 5.74) is 7.28. The minimum atomic E-state index is -1.42. The maximum atomic E-state index is 13.1. The van der Waals surface area contributed by atoms with E-state index in [1.54, 1.807) is 18.3 Å². The molecular weight excluding hydrogens is 365 g/mol. The zero-order valence-electron chi connectivity index (χ0n) is 16.6. The van der Waals surface area contributed by atoms with Gasteiger partial charge in [0.1, 0.15) is 19.7 Å². The summed E-state index contributed by atoms with van der Waals surface area (Å²) in [5.74, 6) is 3.78. The second-order valence-electron chi connectivity index (χ2n) is 7.81. The molecule has 0 amide bonds. The van der Waals surface area contributed by atoms with Crippen LogP contribution in [0.3, 0.4) is 0 Å². The number of benzene rings is 1. The van der Waals surface area contributed by atoms with Gasteiger partial charge in [0.15, 0.2) is 0 Å². The van der Waals surface area contributed by atoms with Crippen molar-refractivity contribution in [2.24, 2.45) is 0 Å². The van der Waals surface area contributed by atoms with Crippen molar-refractivity contribution in [1.82, 2.24) is 9.97 Å². The van der Waals surface area contributed by atoms with E-state index in [-0.39, 0.29) is 11.9 Å². The molecule has 28 heavy (non-hydrogen) atoms. The molecule has 1 N–H and O–H groups in total. The summed E-state index contributed by atoms with van der Waals surface area (Å²) < 4.78 is 13.1. The van der Waals surface area contributed by atoms with E-state index in [0.29, 0.717) is 0 Å². The third kappa shape index (κ3) is 5.51. The maximum absolute atomic E-state index is 13.1. The zero-order valence-corrected chi connectivity index (χ0v) is 17.6. The first-order valence-electron chi connectivity index (χ1n) is 9.27. The lowest BCUT2D eigenvalue weighted by Crippen LogP contribution is -2.16. The first kappa shape index (κ1) is 19.8. The van der Waals surface area contributed by atoms with Crippen LogP contribution in [0.4, 0.5) is 10.2 Å². The van der Waals surface area contributed by atoms with Gasteiger partial charge in [-0.2, -0.15) is 0 Å². The molecule has 3 aromatic rings. The number of nitrogens with zero attached hydrogens (tertiary/aromatic N) is 2. The van der Waals surface area contributed by atoms with Gasteiger partial charge >= 0.3 is 0 Å². The average molecular weight is 390 g/mol. The summed E-state index contributed by atoms with van der Waals surface area (Å²) in [7, 11) is -1.42. The molecule has 0 aliphatic carbocycles. The van der Waals surface area contributed by atoms with E-state index >= 15 is 0 Å². The summed E-state index contributed by atoms with van der Waals surface area (Å²) in [6, 6.07) is 12.5. The summed E-state index contributed by atoms with van der Waals surface area (Å²) in [6.07, 6.45) is 5.45. The largest absolute Gasteiger partial charge is 0.364 e. The lowest BCUT2D eigenvalue weighted by molar-refractivity contribution is 0.626. The van der Waals surface area contributed by atoms with Crippen LogP contribution < -0.4 is 5.32 Å². The van der Waals surface area contributed by atoms with Crippen LogP contribution in [0, 0.1) is 17.3 Å². The molecule has 0 saturated carbocycles. The van der Waals surface area contributed by atoms with Crippen LogP contribution >= 0.6 is 0 Å². The molecule has 0 aliphatic heterocycles. The van der Waals surface area contributed by atoms with E-state index in [9.17, 15) is 4.39 Å². The molecular formula is C23H24FN3Si. The predicted molar refractivity (Wildman–Crippen MR) is 116 cm³/mol. The highest BCUT2D eigenvalue weighted by Gasteiger charge is 2.09. The van der Waals surface area contributed by atoms with Crippen LogP contribution in [0.5, 0.6) is 0 Å². The first-order valence-corrected chi connectivity index (χ1v) is 12.8. The molecule has 0 fully saturated rings. The summed E-state index contributed by atoms with van der Waals surface area (Å²) in [5, 5.41) is 3.34. The van der Waals surface area contributed by atoms with Crippen molar-refractivity contribution in [3.8, 4) is 22.6 Å². The number of halogens is 1. The van der Waals surface area contributed by atoms with Crippen molar-refractivity contribution < 1.29 is 4.39 Å². The Morgan fingerprint density at radius 3 is 2.36 bits per heavy atom. The Hall–Kier alpha value is -2.97. The number of nitrogens with one attached hydrogen (secondary N) is 1. The Bertz CT molecular complexity index is 997. The third-order valence-corrected chi connectivity index (χ3v) is 5.03. The number of pyridine rings is 2. The molecule has 5 heteroatoms. The molecule has 0 bridgehead atoms. The second-order valence-corrected chi connectivity index (χ2v) is 12.6. The second kappa shape index (κ2) is 8.36. The standard InChI is InChI=1S/C23H24FN3Si/c1-17(19-5-8-22(24)9-6-19)27-23-10-7-20(16-26-23)21-13-18(14-25-15-21)11-12-28(2,3)4/h5-10,13-17H,1-4H3,(H,26,27). The Kier molecular flexibility index (Phi) is 5.91. The van der Waals surface area contributed by atoms with E-state index in [1.807, 2.05) is 37.5 Å². The maximum Gasteiger partial charge on any atom is 0.129 e. The van der Waals surface area contributed by atoms with E-state index in [1.165, 1.54) is 12.1 Å². The highest BCUT2D eigenvalue weighted by atomic mass is 28.3. The molecule has 1 atom stereocenters. The topological polar surface area (TPSA) is 37.8 Å². The highest BCUT2D eigenvalue weighted by Crippen LogP contribution is 2.22. The fourth-order valence-corrected chi connectivity index (χ4v) is 3.15. The Morgan fingerprint density at radius 2 is 1.71 bits per heavy atom. The lowest BCUT2D eigenvalue weighted by atomic mass is 10.1. The van der Waals surface area contributed by atoms with Crippen molar-refractivity contribution in [3.05, 3.63) is 78.0 Å². The number of rotatable bonds is 4. The number of hydrogen-bond acceptors (Lipinski definition) is 3. The Balaban J connectivity index is 1.73. The molecule has 1 aromatic carbocycles. The van der Waals surface area contributed by atoms with E-state index in [2.05, 4.69) is 46.4 Å². The van der Waals surface area contributed by atoms with Crippen molar-refractivity contribution in [2.75, 3.05) is 5.32 Å². The average Bonchev–Trinajstić information content (AvgIpc) is 2.67. The van der Waals surface area contributed by atoms with Gasteiger partial charge in [-0.3, -0.25) is 4.98 Å². The van der Waals surface area contributed by atoms with Crippen LogP contribution in [-0.4, -0.2) is 18.0 Å². The van der Waals surface area contributed by atoms with Crippen LogP contribution in [0.25, 0.3) is 11.1 Å². The predicted octanol–water partition coefficient (Wildman–Crippen LogP) is 5.68. The number of anilines is 1. The van der Waals surface area contributed by atoms with E-state index in [0.717, 1.165) is 28.1 Å². The van der Waals surface area contributed by atoms with Gasteiger partial charge in [0, 0.05) is 41.3 Å². The molecule has 142 valence electrons. The molecule has 0 saturated heterocycles. The van der Waals surface area contributed by atoms with E-state index < -0.39 is 8.07 Å². The monoisotopic (exact) mass is 389 g/mol. The number of aromatic nitrogens is 2. The summed E-state index contributed by atoms with van der Waals surface area (Å²) >= 11 is 0. The molecule has 2 heterocycles. The van der Waals surface area contributed by atoms with Gasteiger partial charge in [0.25, 0.3) is 0 Å². The van der Waals surface area contributed by atoms with Crippen LogP contribution in [-0.2, 0) is 0 Å². The zero-order chi connectivity index (χ0) is 20.1. The first-order chi connectivity index (χ1) is 13.3. The van der Waals surface area contributed by atoms with Gasteiger partial charge in [-0.25, -0.2) is 9.37 Å². The summed E-state index contributed by atoms with van der Waals surface area (Å²) in [4.78, 5) is 8.83. The molecule has 3 rings (SSSR count).